The van der Waals surface area contributed by atoms with Crippen molar-refractivity contribution in [3.8, 4) is 0 Å². The molecule has 0 aliphatic carbocycles. The van der Waals surface area contributed by atoms with E-state index in [1.165, 1.54) is 6.07 Å². The van der Waals surface area contributed by atoms with E-state index in [0.717, 1.165) is 5.56 Å². The molecule has 0 saturated carbocycles. The Balaban J connectivity index is 1.43. The molecule has 29 heavy (non-hydrogen) atoms. The zero-order valence-electron chi connectivity index (χ0n) is 15.2. The number of esters is 1. The lowest BCUT2D eigenvalue weighted by molar-refractivity contribution is -0.148. The third-order valence-electron chi connectivity index (χ3n) is 4.05. The Morgan fingerprint density at radius 1 is 1.10 bits per heavy atom. The van der Waals surface area contributed by atoms with Crippen LogP contribution in [0.5, 0.6) is 0 Å². The first-order chi connectivity index (χ1) is 13.9. The second-order valence-corrected chi connectivity index (χ2v) is 8.17. The number of sulfonamides is 1. The van der Waals surface area contributed by atoms with E-state index in [9.17, 15) is 18.0 Å². The number of hydrogen-bond donors (Lipinski definition) is 2. The Hall–Kier alpha value is -2.91. The molecule has 8 nitrogen and oxygen atoms in total. The summed E-state index contributed by atoms with van der Waals surface area (Å²) in [6.45, 7) is -0.176. The van der Waals surface area contributed by atoms with Crippen LogP contribution < -0.4 is 10.0 Å². The number of ether oxygens (including phenoxy) is 1. The van der Waals surface area contributed by atoms with Gasteiger partial charge < -0.3 is 10.1 Å². The first-order valence-corrected chi connectivity index (χ1v) is 10.6. The summed E-state index contributed by atoms with van der Waals surface area (Å²) in [4.78, 5) is 27.9. The van der Waals surface area contributed by atoms with Crippen LogP contribution in [-0.4, -0.2) is 39.3 Å². The number of nitrogens with one attached hydrogen (secondary N) is 2. The predicted molar refractivity (Wildman–Crippen MR) is 107 cm³/mol. The molecule has 2 aromatic carbocycles. The summed E-state index contributed by atoms with van der Waals surface area (Å²) in [7, 11) is -3.62. The fourth-order valence-corrected chi connectivity index (χ4v) is 4.07. The van der Waals surface area contributed by atoms with Crippen molar-refractivity contribution in [1.29, 1.82) is 0 Å². The van der Waals surface area contributed by atoms with Gasteiger partial charge in [0.1, 0.15) is 5.84 Å². The number of amidine groups is 1. The summed E-state index contributed by atoms with van der Waals surface area (Å²) in [5, 5.41) is 3.15. The van der Waals surface area contributed by atoms with Crippen molar-refractivity contribution < 1.29 is 22.7 Å². The van der Waals surface area contributed by atoms with E-state index < -0.39 is 28.5 Å². The summed E-state index contributed by atoms with van der Waals surface area (Å²) in [5.41, 5.74) is 1.21. The molecule has 0 radical (unpaired) electrons. The van der Waals surface area contributed by atoms with Crippen molar-refractivity contribution in [1.82, 2.24) is 10.0 Å². The topological polar surface area (TPSA) is 114 Å². The van der Waals surface area contributed by atoms with Gasteiger partial charge in [-0.25, -0.2) is 8.42 Å². The fraction of sp³-hybridized carbons (Fsp3) is 0.211. The average molecular weight is 436 g/mol. The molecule has 0 unspecified atom stereocenters. The van der Waals surface area contributed by atoms with Gasteiger partial charge in [-0.1, -0.05) is 41.9 Å². The van der Waals surface area contributed by atoms with Gasteiger partial charge >= 0.3 is 5.97 Å². The summed E-state index contributed by atoms with van der Waals surface area (Å²) in [5.74, 6) is -0.885. The summed E-state index contributed by atoms with van der Waals surface area (Å²) in [6, 6.07) is 13.5. The highest BCUT2D eigenvalue weighted by molar-refractivity contribution is 7.90. The molecular formula is C19H18ClN3O5S. The number of aliphatic imine (C=N–C) groups is 1. The van der Waals surface area contributed by atoms with Gasteiger partial charge in [0.2, 0.25) is 0 Å². The SMILES string of the molecule is O=C(COC(=O)CCN=C1NS(=O)(=O)c2ccccc21)NCc1ccccc1Cl. The maximum absolute atomic E-state index is 12.0. The monoisotopic (exact) mass is 435 g/mol. The Labute approximate surface area is 173 Å². The summed E-state index contributed by atoms with van der Waals surface area (Å²) >= 11 is 6.00. The Bertz CT molecular complexity index is 1070. The number of halogens is 1. The highest BCUT2D eigenvalue weighted by Gasteiger charge is 2.29. The maximum Gasteiger partial charge on any atom is 0.308 e. The number of nitrogens with zero attached hydrogens (tertiary/aromatic N) is 1. The minimum absolute atomic E-state index is 0.0201. The van der Waals surface area contributed by atoms with Crippen molar-refractivity contribution in [2.24, 2.45) is 4.99 Å². The normalized spacial score (nSPS) is 15.4. The first kappa shape index (κ1) is 20.8. The quantitative estimate of drug-likeness (QED) is 0.641. The molecule has 1 aliphatic heterocycles. The van der Waals surface area contributed by atoms with Gasteiger partial charge in [-0.15, -0.1) is 0 Å². The van der Waals surface area contributed by atoms with Crippen molar-refractivity contribution in [3.05, 3.63) is 64.7 Å². The van der Waals surface area contributed by atoms with Crippen LogP contribution in [0.2, 0.25) is 5.02 Å². The molecule has 0 fully saturated rings. The largest absolute Gasteiger partial charge is 0.456 e. The van der Waals surface area contributed by atoms with Crippen LogP contribution in [0.15, 0.2) is 58.4 Å². The number of carbonyl (C=O) groups excluding carboxylic acids is 2. The van der Waals surface area contributed by atoms with Gasteiger partial charge in [0.25, 0.3) is 15.9 Å². The van der Waals surface area contributed by atoms with Crippen LogP contribution in [0.3, 0.4) is 0 Å². The second-order valence-electron chi connectivity index (χ2n) is 6.11. The molecule has 0 atom stereocenters. The van der Waals surface area contributed by atoms with Crippen LogP contribution in [0.1, 0.15) is 17.5 Å². The van der Waals surface area contributed by atoms with Gasteiger partial charge in [0.05, 0.1) is 17.9 Å². The molecule has 0 bridgehead atoms. The second kappa shape index (κ2) is 9.06. The zero-order valence-corrected chi connectivity index (χ0v) is 16.8. The standard InChI is InChI=1S/C19H18ClN3O5S/c20-15-7-3-1-5-13(15)11-22-17(24)12-28-18(25)9-10-21-19-14-6-2-4-8-16(14)29(26,27)23-19/h1-8H,9-12H2,(H,21,23)(H,22,24). The lowest BCUT2D eigenvalue weighted by Gasteiger charge is -2.07. The highest BCUT2D eigenvalue weighted by Crippen LogP contribution is 2.22. The third-order valence-corrected chi connectivity index (χ3v) is 5.81. The van der Waals surface area contributed by atoms with Crippen molar-refractivity contribution >= 4 is 39.3 Å². The highest BCUT2D eigenvalue weighted by atomic mass is 35.5. The molecule has 1 heterocycles. The lowest BCUT2D eigenvalue weighted by atomic mass is 10.2. The van der Waals surface area contributed by atoms with Gasteiger partial charge in [0, 0.05) is 17.1 Å². The maximum atomic E-state index is 12.0. The van der Waals surface area contributed by atoms with E-state index >= 15 is 0 Å². The Morgan fingerprint density at radius 3 is 2.62 bits per heavy atom. The number of benzene rings is 2. The first-order valence-electron chi connectivity index (χ1n) is 8.69. The lowest BCUT2D eigenvalue weighted by Crippen LogP contribution is -2.28. The van der Waals surface area contributed by atoms with Crippen LogP contribution in [-0.2, 0) is 30.9 Å². The van der Waals surface area contributed by atoms with E-state index in [-0.39, 0.29) is 30.2 Å². The van der Waals surface area contributed by atoms with Crippen molar-refractivity contribution in [2.45, 2.75) is 17.9 Å². The van der Waals surface area contributed by atoms with Crippen molar-refractivity contribution in [3.63, 3.8) is 0 Å². The molecule has 152 valence electrons. The molecule has 1 amide bonds. The fourth-order valence-electron chi connectivity index (χ4n) is 2.62. The number of carbonyl (C=O) groups is 2. The van der Waals surface area contributed by atoms with Crippen LogP contribution in [0.25, 0.3) is 0 Å². The van der Waals surface area contributed by atoms with Crippen LogP contribution >= 0.6 is 11.6 Å². The average Bonchev–Trinajstić information content (AvgIpc) is 2.96. The number of hydrogen-bond acceptors (Lipinski definition) is 6. The Morgan fingerprint density at radius 2 is 1.83 bits per heavy atom. The predicted octanol–water partition coefficient (Wildman–Crippen LogP) is 1.63. The molecule has 0 saturated heterocycles. The van der Waals surface area contributed by atoms with Gasteiger partial charge in [-0.05, 0) is 23.8 Å². The number of fused-ring (bicyclic) bond motifs is 1. The molecule has 2 aromatic rings. The van der Waals surface area contributed by atoms with E-state index in [2.05, 4.69) is 15.0 Å². The Kier molecular flexibility index (Phi) is 6.50. The minimum Gasteiger partial charge on any atom is -0.456 e. The van der Waals surface area contributed by atoms with Gasteiger partial charge in [-0.2, -0.15) is 0 Å². The number of rotatable bonds is 7. The van der Waals surface area contributed by atoms with E-state index in [0.29, 0.717) is 10.6 Å². The summed E-state index contributed by atoms with van der Waals surface area (Å²) in [6.07, 6.45) is -0.0921. The zero-order chi connectivity index (χ0) is 20.9. The minimum atomic E-state index is -3.62. The molecule has 10 heteroatoms. The number of amides is 1. The summed E-state index contributed by atoms with van der Waals surface area (Å²) < 4.78 is 31.2. The van der Waals surface area contributed by atoms with Crippen molar-refractivity contribution in [2.75, 3.05) is 13.2 Å². The van der Waals surface area contributed by atoms with Gasteiger partial charge in [-0.3, -0.25) is 19.3 Å². The molecule has 0 spiro atoms. The van der Waals surface area contributed by atoms with E-state index in [1.54, 1.807) is 42.5 Å². The smallest absolute Gasteiger partial charge is 0.308 e. The van der Waals surface area contributed by atoms with Crippen LogP contribution in [0, 0.1) is 0 Å². The molecule has 3 rings (SSSR count). The van der Waals surface area contributed by atoms with Gasteiger partial charge in [0.15, 0.2) is 6.61 Å². The molecule has 0 aromatic heterocycles. The molecular weight excluding hydrogens is 418 g/mol. The van der Waals surface area contributed by atoms with Crippen LogP contribution in [0.4, 0.5) is 0 Å². The van der Waals surface area contributed by atoms with E-state index in [4.69, 9.17) is 16.3 Å². The molecule has 1 aliphatic rings. The molecule has 2 N–H and O–H groups in total. The van der Waals surface area contributed by atoms with E-state index in [1.807, 2.05) is 0 Å². The third kappa shape index (κ3) is 5.33.